The normalized spacial score (nSPS) is 21.9. The van der Waals surface area contributed by atoms with E-state index in [0.29, 0.717) is 23.4 Å². The van der Waals surface area contributed by atoms with E-state index in [1.165, 1.54) is 0 Å². The number of hydrogen-bond acceptors (Lipinski definition) is 8. The first-order valence-electron chi connectivity index (χ1n) is 8.97. The fourth-order valence-electron chi connectivity index (χ4n) is 3.48. The lowest BCUT2D eigenvalue weighted by Crippen LogP contribution is -2.29. The van der Waals surface area contributed by atoms with E-state index in [-0.39, 0.29) is 6.10 Å². The van der Waals surface area contributed by atoms with Gasteiger partial charge in [0.2, 0.25) is 5.89 Å². The molecule has 4 rings (SSSR count). The molecule has 0 aromatic carbocycles. The van der Waals surface area contributed by atoms with E-state index < -0.39 is 0 Å². The molecule has 8 nitrogen and oxygen atoms in total. The summed E-state index contributed by atoms with van der Waals surface area (Å²) in [6.45, 7) is 5.58. The van der Waals surface area contributed by atoms with E-state index in [0.717, 1.165) is 62.9 Å². The van der Waals surface area contributed by atoms with Crippen LogP contribution in [-0.2, 0) is 17.0 Å². The molecule has 4 heterocycles. The van der Waals surface area contributed by atoms with Crippen LogP contribution in [0.15, 0.2) is 9.68 Å². The zero-order valence-corrected chi connectivity index (χ0v) is 15.3. The summed E-state index contributed by atoms with van der Waals surface area (Å²) < 4.78 is 13.2. The summed E-state index contributed by atoms with van der Waals surface area (Å²) in [5.41, 5.74) is 0. The largest absolute Gasteiger partial charge is 0.376 e. The zero-order valence-electron chi connectivity index (χ0n) is 14.5. The third-order valence-electron chi connectivity index (χ3n) is 4.76. The maximum Gasteiger partial charge on any atom is 0.223 e. The topological polar surface area (TPSA) is 90.9 Å². The van der Waals surface area contributed by atoms with Gasteiger partial charge in [-0.25, -0.2) is 0 Å². The van der Waals surface area contributed by atoms with Crippen molar-refractivity contribution < 1.29 is 9.26 Å². The van der Waals surface area contributed by atoms with E-state index >= 15 is 0 Å². The molecule has 1 N–H and O–H groups in total. The number of ether oxygens (including phenoxy) is 1. The van der Waals surface area contributed by atoms with Gasteiger partial charge in [0, 0.05) is 19.4 Å². The maximum atomic E-state index is 5.85. The first-order valence-corrected chi connectivity index (χ1v) is 9.95. The number of nitrogens with one attached hydrogen (secondary N) is 1. The number of hydrogen-bond donors (Lipinski definition) is 1. The van der Waals surface area contributed by atoms with E-state index in [2.05, 4.69) is 30.2 Å². The average Bonchev–Trinajstić information content (AvgIpc) is 3.36. The maximum absolute atomic E-state index is 5.85. The number of nitrogens with zero attached hydrogens (tertiary/aromatic N) is 5. The summed E-state index contributed by atoms with van der Waals surface area (Å²) in [6.07, 6.45) is 4.73. The molecule has 9 heteroatoms. The highest BCUT2D eigenvalue weighted by Gasteiger charge is 2.26. The van der Waals surface area contributed by atoms with Gasteiger partial charge < -0.3 is 19.1 Å². The summed E-state index contributed by atoms with van der Waals surface area (Å²) in [6, 6.07) is 0. The Hall–Kier alpha value is -1.45. The first kappa shape index (κ1) is 17.0. The highest BCUT2D eigenvalue weighted by molar-refractivity contribution is 7.98. The van der Waals surface area contributed by atoms with Crippen molar-refractivity contribution in [2.75, 3.05) is 19.7 Å². The van der Waals surface area contributed by atoms with Crippen molar-refractivity contribution in [2.24, 2.45) is 0 Å². The lowest BCUT2D eigenvalue weighted by molar-refractivity contribution is 0.0936. The number of aromatic nitrogens is 5. The zero-order chi connectivity index (χ0) is 17.1. The molecule has 0 saturated carbocycles. The van der Waals surface area contributed by atoms with Crippen molar-refractivity contribution in [3.05, 3.63) is 17.5 Å². The third-order valence-corrected chi connectivity index (χ3v) is 5.72. The molecule has 0 amide bonds. The fraction of sp³-hybridized carbons (Fsp3) is 0.750. The van der Waals surface area contributed by atoms with Gasteiger partial charge in [-0.05, 0) is 38.8 Å². The number of thioether (sulfide) groups is 1. The van der Waals surface area contributed by atoms with Gasteiger partial charge in [-0.1, -0.05) is 16.9 Å². The number of piperidine rings is 1. The minimum absolute atomic E-state index is 0.267. The van der Waals surface area contributed by atoms with Crippen molar-refractivity contribution in [1.82, 2.24) is 30.2 Å². The summed E-state index contributed by atoms with van der Waals surface area (Å²) in [5.74, 6) is 3.48. The van der Waals surface area contributed by atoms with Gasteiger partial charge in [0.1, 0.15) is 5.82 Å². The minimum Gasteiger partial charge on any atom is -0.376 e. The van der Waals surface area contributed by atoms with Crippen LogP contribution in [0.3, 0.4) is 0 Å². The van der Waals surface area contributed by atoms with Gasteiger partial charge in [-0.15, -0.1) is 10.2 Å². The van der Waals surface area contributed by atoms with Gasteiger partial charge in [0.15, 0.2) is 11.0 Å². The van der Waals surface area contributed by atoms with Crippen LogP contribution in [0.5, 0.6) is 0 Å². The second kappa shape index (κ2) is 7.84. The molecular formula is C16H24N6O2S. The molecule has 2 aromatic heterocycles. The average molecular weight is 364 g/mol. The molecule has 136 valence electrons. The van der Waals surface area contributed by atoms with Crippen LogP contribution in [0.4, 0.5) is 0 Å². The highest BCUT2D eigenvalue weighted by Crippen LogP contribution is 2.30. The molecular weight excluding hydrogens is 340 g/mol. The fourth-order valence-corrected chi connectivity index (χ4v) is 4.28. The summed E-state index contributed by atoms with van der Waals surface area (Å²) >= 11 is 1.61. The van der Waals surface area contributed by atoms with E-state index in [1.807, 2.05) is 0 Å². The molecule has 2 aliphatic heterocycles. The van der Waals surface area contributed by atoms with Crippen molar-refractivity contribution in [3.8, 4) is 0 Å². The Balaban J connectivity index is 1.52. The van der Waals surface area contributed by atoms with Gasteiger partial charge in [0.25, 0.3) is 0 Å². The van der Waals surface area contributed by atoms with E-state index in [4.69, 9.17) is 9.26 Å². The Morgan fingerprint density at radius 2 is 2.12 bits per heavy atom. The van der Waals surface area contributed by atoms with Gasteiger partial charge >= 0.3 is 0 Å². The summed E-state index contributed by atoms with van der Waals surface area (Å²) in [4.78, 5) is 4.27. The summed E-state index contributed by atoms with van der Waals surface area (Å²) in [7, 11) is 0. The Kier molecular flexibility index (Phi) is 5.33. The smallest absolute Gasteiger partial charge is 0.223 e. The highest BCUT2D eigenvalue weighted by atomic mass is 32.2. The Morgan fingerprint density at radius 3 is 2.84 bits per heavy atom. The van der Waals surface area contributed by atoms with Crippen LogP contribution in [0, 0.1) is 6.92 Å². The Morgan fingerprint density at radius 1 is 1.24 bits per heavy atom. The van der Waals surface area contributed by atoms with Crippen LogP contribution in [-0.4, -0.2) is 50.7 Å². The van der Waals surface area contributed by atoms with Crippen molar-refractivity contribution in [3.63, 3.8) is 0 Å². The molecule has 1 atom stereocenters. The minimum atomic E-state index is 0.267. The van der Waals surface area contributed by atoms with Crippen LogP contribution >= 0.6 is 11.8 Å². The van der Waals surface area contributed by atoms with Gasteiger partial charge in [-0.2, -0.15) is 4.98 Å². The van der Waals surface area contributed by atoms with Crippen LogP contribution in [0.25, 0.3) is 0 Å². The van der Waals surface area contributed by atoms with Gasteiger partial charge in [0.05, 0.1) is 18.4 Å². The predicted octanol–water partition coefficient (Wildman–Crippen LogP) is 1.91. The van der Waals surface area contributed by atoms with Crippen molar-refractivity contribution in [2.45, 2.75) is 62.1 Å². The monoisotopic (exact) mass is 364 g/mol. The quantitative estimate of drug-likeness (QED) is 0.777. The standard InChI is InChI=1S/C16H24N6O2S/c1-11-18-14(21-24-11)10-25-16-20-19-15(12-4-6-17-7-5-12)22(16)9-13-3-2-8-23-13/h12-13,17H,2-10H2,1H3/t13-/m1/s1. The molecule has 25 heavy (non-hydrogen) atoms. The SMILES string of the molecule is Cc1nc(CSc2nnc(C3CCNCC3)n2C[C@H]2CCCO2)no1. The molecule has 0 bridgehead atoms. The Bertz CT molecular complexity index is 691. The van der Waals surface area contributed by atoms with Crippen LogP contribution in [0.1, 0.15) is 49.1 Å². The predicted molar refractivity (Wildman–Crippen MR) is 92.4 cm³/mol. The molecule has 0 radical (unpaired) electrons. The Labute approximate surface area is 151 Å². The summed E-state index contributed by atoms with van der Waals surface area (Å²) in [5, 5.41) is 17.3. The van der Waals surface area contributed by atoms with E-state index in [1.54, 1.807) is 18.7 Å². The second-order valence-electron chi connectivity index (χ2n) is 6.63. The molecule has 0 unspecified atom stereocenters. The van der Waals surface area contributed by atoms with Crippen molar-refractivity contribution >= 4 is 11.8 Å². The molecule has 2 aliphatic rings. The molecule has 2 aromatic rings. The number of aryl methyl sites for hydroxylation is 1. The van der Waals surface area contributed by atoms with E-state index in [9.17, 15) is 0 Å². The molecule has 0 aliphatic carbocycles. The first-order chi connectivity index (χ1) is 12.3. The third kappa shape index (κ3) is 4.04. The molecule has 0 spiro atoms. The van der Waals surface area contributed by atoms with Crippen molar-refractivity contribution in [1.29, 1.82) is 0 Å². The van der Waals surface area contributed by atoms with Crippen LogP contribution in [0.2, 0.25) is 0 Å². The lowest BCUT2D eigenvalue weighted by Gasteiger charge is -2.23. The second-order valence-corrected chi connectivity index (χ2v) is 7.57. The molecule has 2 fully saturated rings. The molecule has 2 saturated heterocycles. The number of rotatable bonds is 6. The van der Waals surface area contributed by atoms with Gasteiger partial charge in [-0.3, -0.25) is 0 Å². The lowest BCUT2D eigenvalue weighted by atomic mass is 9.97. The van der Waals surface area contributed by atoms with Crippen LogP contribution < -0.4 is 5.32 Å².